The summed E-state index contributed by atoms with van der Waals surface area (Å²) in [6, 6.07) is 17.9. The number of benzene rings is 2. The normalized spacial score (nSPS) is 15.8. The Morgan fingerprint density at radius 3 is 2.79 bits per heavy atom. The fourth-order valence-electron chi connectivity index (χ4n) is 3.87. The number of ether oxygens (including phenoxy) is 1. The Hall–Kier alpha value is -3.62. The van der Waals surface area contributed by atoms with Gasteiger partial charge in [0.2, 0.25) is 5.88 Å². The minimum atomic E-state index is -0.486. The van der Waals surface area contributed by atoms with Crippen LogP contribution in [-0.4, -0.2) is 9.97 Å². The summed E-state index contributed by atoms with van der Waals surface area (Å²) in [5.74, 6) is 0.119. The van der Waals surface area contributed by atoms with Crippen molar-refractivity contribution in [3.8, 4) is 11.8 Å². The van der Waals surface area contributed by atoms with Gasteiger partial charge < -0.3 is 10.5 Å². The average molecular weight is 399 g/mol. The Morgan fingerprint density at radius 2 is 1.97 bits per heavy atom. The lowest BCUT2D eigenvalue weighted by atomic mass is 9.83. The maximum absolute atomic E-state index is 9.83. The number of halogens is 1. The lowest BCUT2D eigenvalue weighted by Gasteiger charge is -2.27. The van der Waals surface area contributed by atoms with E-state index in [0.29, 0.717) is 27.6 Å². The van der Waals surface area contributed by atoms with Gasteiger partial charge in [-0.05, 0) is 31.2 Å². The molecule has 2 aromatic heterocycles. The van der Waals surface area contributed by atoms with Gasteiger partial charge in [-0.3, -0.25) is 4.98 Å². The first-order valence-corrected chi connectivity index (χ1v) is 9.46. The van der Waals surface area contributed by atoms with E-state index in [-0.39, 0.29) is 5.88 Å². The summed E-state index contributed by atoms with van der Waals surface area (Å²) in [5, 5.41) is 12.0. The molecule has 0 aliphatic carbocycles. The number of pyridine rings is 2. The molecule has 3 heterocycles. The van der Waals surface area contributed by atoms with Crippen LogP contribution in [0.25, 0.3) is 21.8 Å². The van der Waals surface area contributed by atoms with E-state index in [0.717, 1.165) is 27.4 Å². The second-order valence-corrected chi connectivity index (χ2v) is 7.41. The van der Waals surface area contributed by atoms with Crippen LogP contribution in [0.3, 0.4) is 0 Å². The number of hydrogen-bond acceptors (Lipinski definition) is 5. The zero-order valence-corrected chi connectivity index (χ0v) is 16.2. The van der Waals surface area contributed by atoms with Gasteiger partial charge in [0.25, 0.3) is 0 Å². The highest BCUT2D eigenvalue weighted by molar-refractivity contribution is 6.30. The molecule has 5 nitrogen and oxygen atoms in total. The van der Waals surface area contributed by atoms with Crippen LogP contribution < -0.4 is 10.5 Å². The molecule has 0 amide bonds. The molecule has 0 bridgehead atoms. The minimum absolute atomic E-state index is 0.0589. The predicted molar refractivity (Wildman–Crippen MR) is 113 cm³/mol. The molecule has 6 heteroatoms. The van der Waals surface area contributed by atoms with E-state index in [9.17, 15) is 5.26 Å². The third-order valence-electron chi connectivity index (χ3n) is 5.22. The fraction of sp³-hybridized carbons (Fsp3) is 0.0870. The quantitative estimate of drug-likeness (QED) is 0.458. The van der Waals surface area contributed by atoms with Crippen molar-refractivity contribution in [2.45, 2.75) is 12.8 Å². The number of nitrogens with zero attached hydrogens (tertiary/aromatic N) is 3. The third kappa shape index (κ3) is 2.69. The van der Waals surface area contributed by atoms with Gasteiger partial charge in [-0.15, -0.1) is 0 Å². The van der Waals surface area contributed by atoms with E-state index in [1.54, 1.807) is 6.20 Å². The second-order valence-electron chi connectivity index (χ2n) is 7.05. The summed E-state index contributed by atoms with van der Waals surface area (Å²) in [7, 11) is 0. The van der Waals surface area contributed by atoms with Crippen molar-refractivity contribution in [3.63, 3.8) is 0 Å². The highest BCUT2D eigenvalue weighted by Gasteiger charge is 2.33. The molecule has 1 atom stereocenters. The van der Waals surface area contributed by atoms with Gasteiger partial charge in [-0.2, -0.15) is 5.26 Å². The number of nitriles is 1. The molecule has 4 aromatic rings. The molecule has 140 valence electrons. The molecule has 1 unspecified atom stereocenters. The Balaban J connectivity index is 1.82. The van der Waals surface area contributed by atoms with E-state index in [1.165, 1.54) is 0 Å². The van der Waals surface area contributed by atoms with Crippen LogP contribution in [-0.2, 0) is 0 Å². The number of aryl methyl sites for hydroxylation is 1. The maximum Gasteiger partial charge on any atom is 0.205 e. The summed E-state index contributed by atoms with van der Waals surface area (Å²) >= 11 is 6.59. The Labute approximate surface area is 172 Å². The van der Waals surface area contributed by atoms with E-state index >= 15 is 0 Å². The molecule has 0 fully saturated rings. The van der Waals surface area contributed by atoms with Crippen molar-refractivity contribution in [2.24, 2.45) is 5.73 Å². The van der Waals surface area contributed by atoms with E-state index in [2.05, 4.69) is 16.0 Å². The molecular formula is C23H15ClN4O. The van der Waals surface area contributed by atoms with Crippen molar-refractivity contribution in [2.75, 3.05) is 0 Å². The highest BCUT2D eigenvalue weighted by atomic mass is 35.5. The van der Waals surface area contributed by atoms with E-state index < -0.39 is 5.92 Å². The SMILES string of the molecule is Cc1ccc2nc(Cl)c(C3C(C#N)=C(N)Oc4c3ccc3cccnc43)cc2c1. The summed E-state index contributed by atoms with van der Waals surface area (Å²) in [5.41, 5.74) is 10.6. The largest absolute Gasteiger partial charge is 0.438 e. The van der Waals surface area contributed by atoms with Crippen LogP contribution in [0.1, 0.15) is 22.6 Å². The predicted octanol–water partition coefficient (Wildman–Crippen LogP) is 4.96. The monoisotopic (exact) mass is 398 g/mol. The first-order chi connectivity index (χ1) is 14.1. The number of fused-ring (bicyclic) bond motifs is 4. The smallest absolute Gasteiger partial charge is 0.205 e. The lowest BCUT2D eigenvalue weighted by Crippen LogP contribution is -2.21. The number of allylic oxidation sites excluding steroid dienone is 1. The Morgan fingerprint density at radius 1 is 1.10 bits per heavy atom. The number of aromatic nitrogens is 2. The second kappa shape index (κ2) is 6.47. The molecule has 0 radical (unpaired) electrons. The Bertz CT molecular complexity index is 1390. The molecule has 1 aliphatic rings. The van der Waals surface area contributed by atoms with Gasteiger partial charge >= 0.3 is 0 Å². The van der Waals surface area contributed by atoms with Gasteiger partial charge in [0.15, 0.2) is 5.75 Å². The van der Waals surface area contributed by atoms with E-state index in [4.69, 9.17) is 22.1 Å². The van der Waals surface area contributed by atoms with Crippen LogP contribution in [0.2, 0.25) is 5.15 Å². The van der Waals surface area contributed by atoms with Crippen LogP contribution in [0.15, 0.2) is 66.2 Å². The first-order valence-electron chi connectivity index (χ1n) is 9.09. The first kappa shape index (κ1) is 17.5. The summed E-state index contributed by atoms with van der Waals surface area (Å²) in [6.45, 7) is 2.02. The Kier molecular flexibility index (Phi) is 3.90. The topological polar surface area (TPSA) is 84.8 Å². The molecule has 0 spiro atoms. The van der Waals surface area contributed by atoms with Gasteiger partial charge in [0.05, 0.1) is 11.4 Å². The standard InChI is InChI=1S/C23H15ClN4O/c1-12-4-7-18-14(9-12)10-16(22(24)28-18)19-15-6-5-13-3-2-8-27-20(13)21(15)29-23(26)17(19)11-25/h2-10,19H,26H2,1H3. The van der Waals surface area contributed by atoms with E-state index in [1.807, 2.05) is 55.5 Å². The number of rotatable bonds is 1. The van der Waals surface area contributed by atoms with Crippen LogP contribution >= 0.6 is 11.6 Å². The summed E-state index contributed by atoms with van der Waals surface area (Å²) in [4.78, 5) is 9.01. The van der Waals surface area contributed by atoms with Crippen molar-refractivity contribution in [3.05, 3.63) is 88.0 Å². The third-order valence-corrected chi connectivity index (χ3v) is 5.52. The molecule has 29 heavy (non-hydrogen) atoms. The van der Waals surface area contributed by atoms with Crippen molar-refractivity contribution < 1.29 is 4.74 Å². The maximum atomic E-state index is 9.83. The van der Waals surface area contributed by atoms with Gasteiger partial charge in [0.1, 0.15) is 22.3 Å². The zero-order valence-electron chi connectivity index (χ0n) is 15.5. The average Bonchev–Trinajstić information content (AvgIpc) is 2.72. The van der Waals surface area contributed by atoms with Crippen molar-refractivity contribution in [1.29, 1.82) is 5.26 Å². The fourth-order valence-corrected chi connectivity index (χ4v) is 4.12. The molecular weight excluding hydrogens is 384 g/mol. The van der Waals surface area contributed by atoms with Crippen LogP contribution in [0.5, 0.6) is 5.75 Å². The summed E-state index contributed by atoms with van der Waals surface area (Å²) < 4.78 is 5.86. The number of nitrogens with two attached hydrogens (primary N) is 1. The number of hydrogen-bond donors (Lipinski definition) is 1. The van der Waals surface area contributed by atoms with Gasteiger partial charge in [0, 0.05) is 28.1 Å². The summed E-state index contributed by atoms with van der Waals surface area (Å²) in [6.07, 6.45) is 1.70. The molecule has 0 saturated heterocycles. The molecule has 0 saturated carbocycles. The zero-order chi connectivity index (χ0) is 20.1. The minimum Gasteiger partial charge on any atom is -0.438 e. The van der Waals surface area contributed by atoms with Crippen LogP contribution in [0, 0.1) is 18.3 Å². The van der Waals surface area contributed by atoms with Gasteiger partial charge in [-0.1, -0.05) is 41.4 Å². The molecule has 2 aromatic carbocycles. The van der Waals surface area contributed by atoms with Crippen LogP contribution in [0.4, 0.5) is 0 Å². The van der Waals surface area contributed by atoms with Crippen molar-refractivity contribution in [1.82, 2.24) is 9.97 Å². The lowest BCUT2D eigenvalue weighted by molar-refractivity contribution is 0.397. The van der Waals surface area contributed by atoms with Crippen molar-refractivity contribution >= 4 is 33.4 Å². The van der Waals surface area contributed by atoms with Gasteiger partial charge in [-0.25, -0.2) is 4.98 Å². The molecule has 5 rings (SSSR count). The highest BCUT2D eigenvalue weighted by Crippen LogP contribution is 2.46. The molecule has 1 aliphatic heterocycles. The molecule has 2 N–H and O–H groups in total.